The first-order valence-electron chi connectivity index (χ1n) is 5.32. The monoisotopic (exact) mass is 242 g/mol. The van der Waals surface area contributed by atoms with Gasteiger partial charge < -0.3 is 14.2 Å². The van der Waals surface area contributed by atoms with Gasteiger partial charge in [0.1, 0.15) is 0 Å². The van der Waals surface area contributed by atoms with Gasteiger partial charge in [-0.05, 0) is 23.6 Å². The summed E-state index contributed by atoms with van der Waals surface area (Å²) in [7, 11) is 0. The molecule has 0 aromatic heterocycles. The normalized spacial score (nSPS) is 15.1. The molecule has 4 heteroatoms. The van der Waals surface area contributed by atoms with Crippen molar-refractivity contribution in [2.24, 2.45) is 5.92 Å². The largest absolute Gasteiger partial charge is 0.454 e. The molecule has 1 atom stereocenters. The summed E-state index contributed by atoms with van der Waals surface area (Å²) in [6.45, 7) is 3.63. The molecule has 1 heterocycles. The maximum absolute atomic E-state index is 5.69. The number of ether oxygens (including phenoxy) is 3. The van der Waals surface area contributed by atoms with E-state index in [0.717, 1.165) is 17.1 Å². The van der Waals surface area contributed by atoms with Crippen LogP contribution in [0.1, 0.15) is 12.5 Å². The summed E-state index contributed by atoms with van der Waals surface area (Å²) in [5, 5.41) is 0. The molecule has 1 aliphatic heterocycles. The molecule has 0 bridgehead atoms. The fourth-order valence-electron chi connectivity index (χ4n) is 1.45. The topological polar surface area (TPSA) is 27.7 Å². The lowest BCUT2D eigenvalue weighted by molar-refractivity contribution is 0.0978. The van der Waals surface area contributed by atoms with E-state index >= 15 is 0 Å². The van der Waals surface area contributed by atoms with Crippen LogP contribution in [0.15, 0.2) is 18.2 Å². The van der Waals surface area contributed by atoms with Crippen LogP contribution < -0.4 is 9.47 Å². The van der Waals surface area contributed by atoms with Crippen molar-refractivity contribution in [3.63, 3.8) is 0 Å². The van der Waals surface area contributed by atoms with Gasteiger partial charge in [-0.25, -0.2) is 0 Å². The molecule has 1 aromatic carbocycles. The SMILES string of the molecule is CC(CCl)COCc1ccc2c(c1)OCO2. The average molecular weight is 243 g/mol. The van der Waals surface area contributed by atoms with Crippen LogP contribution in [0.3, 0.4) is 0 Å². The van der Waals surface area contributed by atoms with Crippen LogP contribution in [-0.4, -0.2) is 19.3 Å². The highest BCUT2D eigenvalue weighted by Gasteiger charge is 2.13. The Morgan fingerprint density at radius 3 is 3.00 bits per heavy atom. The first-order chi connectivity index (χ1) is 7.79. The minimum Gasteiger partial charge on any atom is -0.454 e. The second-order valence-corrected chi connectivity index (χ2v) is 4.27. The number of hydrogen-bond acceptors (Lipinski definition) is 3. The molecule has 0 fully saturated rings. The molecule has 0 saturated heterocycles. The van der Waals surface area contributed by atoms with Crippen molar-refractivity contribution < 1.29 is 14.2 Å². The summed E-state index contributed by atoms with van der Waals surface area (Å²) in [4.78, 5) is 0. The Bertz CT molecular complexity index is 354. The highest BCUT2D eigenvalue weighted by molar-refractivity contribution is 6.18. The van der Waals surface area contributed by atoms with Crippen molar-refractivity contribution in [2.75, 3.05) is 19.3 Å². The molecule has 3 nitrogen and oxygen atoms in total. The lowest BCUT2D eigenvalue weighted by Crippen LogP contribution is -2.06. The van der Waals surface area contributed by atoms with Crippen molar-refractivity contribution in [3.8, 4) is 11.5 Å². The van der Waals surface area contributed by atoms with E-state index in [1.807, 2.05) is 18.2 Å². The van der Waals surface area contributed by atoms with Crippen LogP contribution in [0.2, 0.25) is 0 Å². The first-order valence-corrected chi connectivity index (χ1v) is 5.85. The molecule has 1 aromatic rings. The van der Waals surface area contributed by atoms with Crippen LogP contribution in [0.4, 0.5) is 0 Å². The van der Waals surface area contributed by atoms with Gasteiger partial charge in [-0.15, -0.1) is 11.6 Å². The number of alkyl halides is 1. The smallest absolute Gasteiger partial charge is 0.231 e. The van der Waals surface area contributed by atoms with Crippen molar-refractivity contribution in [2.45, 2.75) is 13.5 Å². The summed E-state index contributed by atoms with van der Waals surface area (Å²) in [6.07, 6.45) is 0. The molecular formula is C12H15ClO3. The van der Waals surface area contributed by atoms with Gasteiger partial charge in [0.05, 0.1) is 13.2 Å². The Hall–Kier alpha value is -0.930. The average Bonchev–Trinajstić information content (AvgIpc) is 2.76. The Morgan fingerprint density at radius 1 is 1.38 bits per heavy atom. The van der Waals surface area contributed by atoms with Crippen molar-refractivity contribution in [1.29, 1.82) is 0 Å². The molecule has 0 aliphatic carbocycles. The van der Waals surface area contributed by atoms with E-state index in [4.69, 9.17) is 25.8 Å². The van der Waals surface area contributed by atoms with Gasteiger partial charge in [0.25, 0.3) is 0 Å². The van der Waals surface area contributed by atoms with Crippen molar-refractivity contribution >= 4 is 11.6 Å². The summed E-state index contributed by atoms with van der Waals surface area (Å²) in [5.74, 6) is 2.61. The van der Waals surface area contributed by atoms with Crippen LogP contribution in [-0.2, 0) is 11.3 Å². The first kappa shape index (κ1) is 11.6. The third kappa shape index (κ3) is 2.80. The van der Waals surface area contributed by atoms with Gasteiger partial charge in [-0.2, -0.15) is 0 Å². The molecule has 2 rings (SSSR count). The molecular weight excluding hydrogens is 228 g/mol. The predicted molar refractivity (Wildman–Crippen MR) is 62.1 cm³/mol. The lowest BCUT2D eigenvalue weighted by atomic mass is 10.2. The number of fused-ring (bicyclic) bond motifs is 1. The quantitative estimate of drug-likeness (QED) is 0.744. The van der Waals surface area contributed by atoms with E-state index in [-0.39, 0.29) is 0 Å². The van der Waals surface area contributed by atoms with Crippen LogP contribution in [0, 0.1) is 5.92 Å². The molecule has 0 radical (unpaired) electrons. The van der Waals surface area contributed by atoms with Gasteiger partial charge in [0.15, 0.2) is 11.5 Å². The molecule has 16 heavy (non-hydrogen) atoms. The number of rotatable bonds is 5. The van der Waals surface area contributed by atoms with E-state index in [1.165, 1.54) is 0 Å². The molecule has 0 N–H and O–H groups in total. The Kier molecular flexibility index (Phi) is 3.91. The number of hydrogen-bond donors (Lipinski definition) is 0. The van der Waals surface area contributed by atoms with Gasteiger partial charge in [0, 0.05) is 5.88 Å². The third-order valence-electron chi connectivity index (χ3n) is 2.37. The van der Waals surface area contributed by atoms with Crippen LogP contribution in [0.25, 0.3) is 0 Å². The van der Waals surface area contributed by atoms with E-state index in [2.05, 4.69) is 6.92 Å². The van der Waals surface area contributed by atoms with Gasteiger partial charge >= 0.3 is 0 Å². The molecule has 88 valence electrons. The summed E-state index contributed by atoms with van der Waals surface area (Å²) in [5.41, 5.74) is 1.09. The zero-order valence-electron chi connectivity index (χ0n) is 9.24. The standard InChI is InChI=1S/C12H15ClO3/c1-9(5-13)6-14-7-10-2-3-11-12(4-10)16-8-15-11/h2-4,9H,5-8H2,1H3. The van der Waals surface area contributed by atoms with Gasteiger partial charge in [-0.3, -0.25) is 0 Å². The Morgan fingerprint density at radius 2 is 2.19 bits per heavy atom. The van der Waals surface area contributed by atoms with E-state index in [9.17, 15) is 0 Å². The van der Waals surface area contributed by atoms with Crippen molar-refractivity contribution in [3.05, 3.63) is 23.8 Å². The third-order valence-corrected chi connectivity index (χ3v) is 2.90. The number of halogens is 1. The summed E-state index contributed by atoms with van der Waals surface area (Å²) >= 11 is 5.69. The van der Waals surface area contributed by atoms with Gasteiger partial charge in [-0.1, -0.05) is 13.0 Å². The molecule has 1 unspecified atom stereocenters. The van der Waals surface area contributed by atoms with Gasteiger partial charge in [0.2, 0.25) is 6.79 Å². The van der Waals surface area contributed by atoms with E-state index in [0.29, 0.717) is 31.8 Å². The van der Waals surface area contributed by atoms with E-state index < -0.39 is 0 Å². The lowest BCUT2D eigenvalue weighted by Gasteiger charge is -2.08. The molecule has 1 aliphatic rings. The second kappa shape index (κ2) is 5.41. The minimum atomic E-state index is 0.308. The summed E-state index contributed by atoms with van der Waals surface area (Å²) in [6, 6.07) is 5.85. The fraction of sp³-hybridized carbons (Fsp3) is 0.500. The maximum atomic E-state index is 5.69. The molecule has 0 saturated carbocycles. The predicted octanol–water partition coefficient (Wildman–Crippen LogP) is 2.81. The highest BCUT2D eigenvalue weighted by Crippen LogP contribution is 2.32. The summed E-state index contributed by atoms with van der Waals surface area (Å²) < 4.78 is 16.1. The zero-order valence-corrected chi connectivity index (χ0v) is 10.00. The van der Waals surface area contributed by atoms with Crippen LogP contribution in [0.5, 0.6) is 11.5 Å². The highest BCUT2D eigenvalue weighted by atomic mass is 35.5. The molecule has 0 spiro atoms. The molecule has 0 amide bonds. The second-order valence-electron chi connectivity index (χ2n) is 3.96. The minimum absolute atomic E-state index is 0.308. The van der Waals surface area contributed by atoms with Crippen molar-refractivity contribution in [1.82, 2.24) is 0 Å². The van der Waals surface area contributed by atoms with Crippen LogP contribution >= 0.6 is 11.6 Å². The Labute approximate surface area is 100 Å². The zero-order chi connectivity index (χ0) is 11.4. The Balaban J connectivity index is 1.86. The maximum Gasteiger partial charge on any atom is 0.231 e. The number of benzene rings is 1. The van der Waals surface area contributed by atoms with E-state index in [1.54, 1.807) is 0 Å². The fourth-order valence-corrected chi connectivity index (χ4v) is 1.54.